The molecule has 0 aromatic heterocycles. The second-order valence-electron chi connectivity index (χ2n) is 5.57. The van der Waals surface area contributed by atoms with Crippen molar-refractivity contribution in [3.05, 3.63) is 42.0 Å². The van der Waals surface area contributed by atoms with Gasteiger partial charge < -0.3 is 10.1 Å². The predicted octanol–water partition coefficient (Wildman–Crippen LogP) is 4.25. The molecule has 0 aliphatic carbocycles. The van der Waals surface area contributed by atoms with Gasteiger partial charge in [0.15, 0.2) is 0 Å². The lowest BCUT2D eigenvalue weighted by atomic mass is 9.99. The van der Waals surface area contributed by atoms with Crippen molar-refractivity contribution >= 4 is 11.3 Å². The molecule has 1 aromatic carbocycles. The Morgan fingerprint density at radius 1 is 1.39 bits per heavy atom. The first-order chi connectivity index (χ1) is 8.39. The van der Waals surface area contributed by atoms with Crippen LogP contribution in [-0.2, 0) is 0 Å². The molecule has 1 heterocycles. The molecule has 0 saturated carbocycles. The van der Waals surface area contributed by atoms with Gasteiger partial charge in [0.25, 0.3) is 0 Å². The van der Waals surface area contributed by atoms with Crippen molar-refractivity contribution in [2.45, 2.75) is 33.3 Å². The molecule has 0 bridgehead atoms. The smallest absolute Gasteiger partial charge is 0.143 e. The van der Waals surface area contributed by atoms with E-state index in [0.29, 0.717) is 0 Å². The zero-order valence-corrected chi connectivity index (χ0v) is 11.6. The van der Waals surface area contributed by atoms with Gasteiger partial charge in [-0.3, -0.25) is 0 Å². The Labute approximate surface area is 109 Å². The number of benzene rings is 1. The maximum Gasteiger partial charge on any atom is 0.143 e. The Kier molecular flexibility index (Phi) is 3.20. The zero-order chi connectivity index (χ0) is 13.3. The van der Waals surface area contributed by atoms with Crippen molar-refractivity contribution in [1.29, 1.82) is 0 Å². The second-order valence-corrected chi connectivity index (χ2v) is 5.57. The van der Waals surface area contributed by atoms with Crippen LogP contribution in [0.5, 0.6) is 5.75 Å². The third-order valence-corrected chi connectivity index (χ3v) is 2.99. The average Bonchev–Trinajstić information content (AvgIpc) is 2.25. The summed E-state index contributed by atoms with van der Waals surface area (Å²) in [6.07, 6.45) is 2.09. The number of anilines is 1. The molecule has 1 aliphatic rings. The molecular weight excluding hydrogens is 222 g/mol. The van der Waals surface area contributed by atoms with Gasteiger partial charge in [-0.15, -0.1) is 0 Å². The Hall–Kier alpha value is -1.70. The summed E-state index contributed by atoms with van der Waals surface area (Å²) in [4.78, 5) is 0. The van der Waals surface area contributed by atoms with Crippen molar-refractivity contribution in [2.24, 2.45) is 0 Å². The van der Waals surface area contributed by atoms with Gasteiger partial charge >= 0.3 is 0 Å². The predicted molar refractivity (Wildman–Crippen MR) is 78.1 cm³/mol. The summed E-state index contributed by atoms with van der Waals surface area (Å²) >= 11 is 0. The third kappa shape index (κ3) is 2.58. The topological polar surface area (TPSA) is 21.3 Å². The first-order valence-electron chi connectivity index (χ1n) is 6.29. The molecule has 0 amide bonds. The Morgan fingerprint density at radius 3 is 2.78 bits per heavy atom. The summed E-state index contributed by atoms with van der Waals surface area (Å²) < 4.78 is 6.00. The van der Waals surface area contributed by atoms with E-state index in [9.17, 15) is 0 Å². The third-order valence-electron chi connectivity index (χ3n) is 2.99. The molecule has 0 fully saturated rings. The van der Waals surface area contributed by atoms with Crippen molar-refractivity contribution in [1.82, 2.24) is 0 Å². The summed E-state index contributed by atoms with van der Waals surface area (Å²) in [5.74, 6) is 0.929. The quantitative estimate of drug-likeness (QED) is 0.784. The minimum absolute atomic E-state index is 0.155. The van der Waals surface area contributed by atoms with E-state index in [1.165, 1.54) is 11.1 Å². The number of hydrogen-bond donors (Lipinski definition) is 1. The Bertz CT molecular complexity index is 512. The fourth-order valence-corrected chi connectivity index (χ4v) is 2.21. The molecule has 1 aromatic rings. The molecule has 2 rings (SSSR count). The van der Waals surface area contributed by atoms with Gasteiger partial charge in [-0.1, -0.05) is 30.4 Å². The molecule has 2 nitrogen and oxygen atoms in total. The van der Waals surface area contributed by atoms with E-state index in [2.05, 4.69) is 44.8 Å². The highest BCUT2D eigenvalue weighted by atomic mass is 16.5. The first-order valence-corrected chi connectivity index (χ1v) is 6.29. The minimum Gasteiger partial charge on any atom is -0.484 e. The van der Waals surface area contributed by atoms with Gasteiger partial charge in [-0.2, -0.15) is 0 Å². The Morgan fingerprint density at radius 2 is 2.11 bits per heavy atom. The molecule has 0 saturated heterocycles. The SMILES string of the molecule is C=C(C)/C=C(/C)c1cccc2c1NCC(C)(C)O2. The van der Waals surface area contributed by atoms with Crippen molar-refractivity contribution in [3.8, 4) is 5.75 Å². The van der Waals surface area contributed by atoms with Crippen LogP contribution >= 0.6 is 0 Å². The number of fused-ring (bicyclic) bond motifs is 1. The van der Waals surface area contributed by atoms with Crippen LogP contribution in [0.1, 0.15) is 33.3 Å². The lowest BCUT2D eigenvalue weighted by Gasteiger charge is -2.34. The van der Waals surface area contributed by atoms with Gasteiger partial charge in [0, 0.05) is 5.56 Å². The molecule has 0 radical (unpaired) electrons. The van der Waals surface area contributed by atoms with Gasteiger partial charge in [0.2, 0.25) is 0 Å². The van der Waals surface area contributed by atoms with Crippen LogP contribution in [0.25, 0.3) is 5.57 Å². The first kappa shape index (κ1) is 12.7. The number of hydrogen-bond acceptors (Lipinski definition) is 2. The maximum atomic E-state index is 6.00. The van der Waals surface area contributed by atoms with Crippen molar-refractivity contribution in [2.75, 3.05) is 11.9 Å². The van der Waals surface area contributed by atoms with E-state index in [1.807, 2.05) is 19.1 Å². The summed E-state index contributed by atoms with van der Waals surface area (Å²) in [6.45, 7) is 13.0. The second kappa shape index (κ2) is 4.52. The van der Waals surface area contributed by atoms with Gasteiger partial charge in [-0.05, 0) is 39.3 Å². The monoisotopic (exact) mass is 243 g/mol. The fourth-order valence-electron chi connectivity index (χ4n) is 2.21. The van der Waals surface area contributed by atoms with E-state index in [1.54, 1.807) is 0 Å². The van der Waals surface area contributed by atoms with Crippen LogP contribution in [0.15, 0.2) is 36.4 Å². The van der Waals surface area contributed by atoms with Crippen LogP contribution in [0.4, 0.5) is 5.69 Å². The molecule has 96 valence electrons. The number of rotatable bonds is 2. The normalized spacial score (nSPS) is 17.4. The number of para-hydroxylation sites is 1. The van der Waals surface area contributed by atoms with E-state index in [-0.39, 0.29) is 5.60 Å². The maximum absolute atomic E-state index is 6.00. The number of allylic oxidation sites excluding steroid dienone is 3. The molecule has 1 N–H and O–H groups in total. The highest BCUT2D eigenvalue weighted by Crippen LogP contribution is 2.38. The van der Waals surface area contributed by atoms with Gasteiger partial charge in [-0.25, -0.2) is 0 Å². The molecule has 0 unspecified atom stereocenters. The molecule has 1 aliphatic heterocycles. The van der Waals surface area contributed by atoms with Crippen LogP contribution in [0.2, 0.25) is 0 Å². The molecule has 2 heteroatoms. The summed E-state index contributed by atoms with van der Waals surface area (Å²) in [5.41, 5.74) is 4.38. The molecule has 18 heavy (non-hydrogen) atoms. The summed E-state index contributed by atoms with van der Waals surface area (Å²) in [5, 5.41) is 3.48. The lowest BCUT2D eigenvalue weighted by Crippen LogP contribution is -2.40. The van der Waals surface area contributed by atoms with Gasteiger partial charge in [0.05, 0.1) is 12.2 Å². The van der Waals surface area contributed by atoms with Crippen molar-refractivity contribution < 1.29 is 4.74 Å². The molecular formula is C16H21NO. The van der Waals surface area contributed by atoms with Crippen LogP contribution in [0.3, 0.4) is 0 Å². The highest BCUT2D eigenvalue weighted by molar-refractivity contribution is 5.80. The van der Waals surface area contributed by atoms with E-state index >= 15 is 0 Å². The van der Waals surface area contributed by atoms with Gasteiger partial charge in [0.1, 0.15) is 11.4 Å². The van der Waals surface area contributed by atoms with Crippen LogP contribution < -0.4 is 10.1 Å². The summed E-state index contributed by atoms with van der Waals surface area (Å²) in [7, 11) is 0. The number of ether oxygens (including phenoxy) is 1. The highest BCUT2D eigenvalue weighted by Gasteiger charge is 2.27. The molecule has 0 spiro atoms. The van der Waals surface area contributed by atoms with E-state index in [4.69, 9.17) is 4.74 Å². The standard InChI is InChI=1S/C16H21NO/c1-11(2)9-12(3)13-7-6-8-14-15(13)17-10-16(4,5)18-14/h6-9,17H,1,10H2,2-5H3/b12-9-. The Balaban J connectivity index is 2.44. The van der Waals surface area contributed by atoms with Crippen LogP contribution in [0, 0.1) is 0 Å². The van der Waals surface area contributed by atoms with Crippen LogP contribution in [-0.4, -0.2) is 12.1 Å². The largest absolute Gasteiger partial charge is 0.484 e. The number of nitrogens with one attached hydrogen (secondary N) is 1. The summed E-state index contributed by atoms with van der Waals surface area (Å²) in [6, 6.07) is 6.16. The van der Waals surface area contributed by atoms with E-state index < -0.39 is 0 Å². The average molecular weight is 243 g/mol. The fraction of sp³-hybridized carbons (Fsp3) is 0.375. The minimum atomic E-state index is -0.155. The van der Waals surface area contributed by atoms with E-state index in [0.717, 1.165) is 23.6 Å². The van der Waals surface area contributed by atoms with Crippen molar-refractivity contribution in [3.63, 3.8) is 0 Å². The molecule has 0 atom stereocenters. The lowest BCUT2D eigenvalue weighted by molar-refractivity contribution is 0.116. The zero-order valence-electron chi connectivity index (χ0n) is 11.6.